The minimum atomic E-state index is 0.210. The van der Waals surface area contributed by atoms with Crippen LogP contribution in [0.5, 0.6) is 11.5 Å². The summed E-state index contributed by atoms with van der Waals surface area (Å²) >= 11 is 0. The highest BCUT2D eigenvalue weighted by Gasteiger charge is 2.04. The van der Waals surface area contributed by atoms with Crippen LogP contribution in [0.25, 0.3) is 0 Å². The molecule has 0 spiro atoms. The van der Waals surface area contributed by atoms with Crippen LogP contribution in [0, 0.1) is 23.7 Å². The van der Waals surface area contributed by atoms with Gasteiger partial charge in [-0.3, -0.25) is 4.79 Å². The van der Waals surface area contributed by atoms with Gasteiger partial charge in [0.15, 0.2) is 6.29 Å². The molecule has 1 aliphatic heterocycles. The highest BCUT2D eigenvalue weighted by Crippen LogP contribution is 2.23. The fourth-order valence-electron chi connectivity index (χ4n) is 1.34. The van der Waals surface area contributed by atoms with Crippen LogP contribution < -0.4 is 9.47 Å². The maximum atomic E-state index is 10.9. The van der Waals surface area contributed by atoms with E-state index in [1.165, 1.54) is 0 Å². The molecule has 18 heavy (non-hydrogen) atoms. The predicted octanol–water partition coefficient (Wildman–Crippen LogP) is 1.83. The molecule has 88 valence electrons. The highest BCUT2D eigenvalue weighted by atomic mass is 16.5. The smallest absolute Gasteiger partial charge is 0.153 e. The summed E-state index contributed by atoms with van der Waals surface area (Å²) in [5.41, 5.74) is 0.473. The Hall–Kier alpha value is -2.65. The van der Waals surface area contributed by atoms with E-state index in [0.717, 1.165) is 6.29 Å². The Kier molecular flexibility index (Phi) is 4.06. The summed E-state index contributed by atoms with van der Waals surface area (Å²) in [6.45, 7) is 0.486. The van der Waals surface area contributed by atoms with Gasteiger partial charge in [0.2, 0.25) is 0 Å². The van der Waals surface area contributed by atoms with Crippen LogP contribution in [0.1, 0.15) is 10.4 Å². The monoisotopic (exact) mass is 238 g/mol. The molecule has 0 amide bonds. The molecule has 0 aliphatic carbocycles. The van der Waals surface area contributed by atoms with Crippen molar-refractivity contribution in [2.75, 3.05) is 13.2 Å². The molecule has 0 fully saturated rings. The van der Waals surface area contributed by atoms with Gasteiger partial charge in [0.1, 0.15) is 24.7 Å². The van der Waals surface area contributed by atoms with Crippen molar-refractivity contribution in [2.45, 2.75) is 0 Å². The molecule has 0 aromatic heterocycles. The minimum absolute atomic E-state index is 0.210. The van der Waals surface area contributed by atoms with E-state index in [2.05, 4.69) is 23.7 Å². The Morgan fingerprint density at radius 2 is 1.78 bits per heavy atom. The zero-order valence-corrected chi connectivity index (χ0v) is 9.60. The van der Waals surface area contributed by atoms with Gasteiger partial charge >= 0.3 is 0 Å². The van der Waals surface area contributed by atoms with Gasteiger partial charge in [0.05, 0.1) is 5.56 Å². The number of aldehydes is 1. The summed E-state index contributed by atoms with van der Waals surface area (Å²) in [7, 11) is 0. The van der Waals surface area contributed by atoms with E-state index in [1.807, 2.05) is 0 Å². The normalized spacial score (nSPS) is 14.7. The molecule has 1 aliphatic rings. The Balaban J connectivity index is 2.30. The molecule has 3 nitrogen and oxygen atoms in total. The lowest BCUT2D eigenvalue weighted by Crippen LogP contribution is -1.99. The average molecular weight is 238 g/mol. The van der Waals surface area contributed by atoms with E-state index in [4.69, 9.17) is 9.47 Å². The molecule has 1 aromatic carbocycles. The SMILES string of the molecule is O=Cc1ccc2cc1OCC#C/C=C\C#CCO2. The highest BCUT2D eigenvalue weighted by molar-refractivity contribution is 5.79. The molecular formula is C15H10O3. The molecule has 3 heteroatoms. The molecule has 1 heterocycles. The van der Waals surface area contributed by atoms with Crippen molar-refractivity contribution in [1.82, 2.24) is 0 Å². The number of allylic oxidation sites excluding steroid dienone is 2. The zero-order chi connectivity index (χ0) is 12.6. The van der Waals surface area contributed by atoms with Gasteiger partial charge in [-0.05, 0) is 24.3 Å². The first-order valence-electron chi connectivity index (χ1n) is 5.37. The van der Waals surface area contributed by atoms with Crippen molar-refractivity contribution >= 4 is 6.29 Å². The lowest BCUT2D eigenvalue weighted by Gasteiger charge is -2.08. The predicted molar refractivity (Wildman–Crippen MR) is 67.5 cm³/mol. The molecule has 2 rings (SSSR count). The number of fused-ring (bicyclic) bond motifs is 2. The zero-order valence-electron chi connectivity index (χ0n) is 9.60. The Labute approximate surface area is 105 Å². The minimum Gasteiger partial charge on any atom is -0.481 e. The van der Waals surface area contributed by atoms with E-state index in [-0.39, 0.29) is 13.2 Å². The van der Waals surface area contributed by atoms with Crippen molar-refractivity contribution in [3.05, 3.63) is 35.9 Å². The van der Waals surface area contributed by atoms with Gasteiger partial charge in [-0.1, -0.05) is 23.7 Å². The summed E-state index contributed by atoms with van der Waals surface area (Å²) in [6.07, 6.45) is 4.04. The summed E-state index contributed by atoms with van der Waals surface area (Å²) < 4.78 is 10.8. The van der Waals surface area contributed by atoms with Gasteiger partial charge in [0, 0.05) is 6.07 Å². The van der Waals surface area contributed by atoms with Gasteiger partial charge in [-0.2, -0.15) is 0 Å². The molecule has 0 N–H and O–H groups in total. The summed E-state index contributed by atoms with van der Waals surface area (Å²) in [5, 5.41) is 0. The van der Waals surface area contributed by atoms with Crippen LogP contribution in [0.15, 0.2) is 30.4 Å². The number of carbonyl (C=O) groups excluding carboxylic acids is 1. The first-order chi connectivity index (χ1) is 8.90. The first kappa shape index (κ1) is 11.8. The van der Waals surface area contributed by atoms with Crippen LogP contribution in [-0.4, -0.2) is 19.5 Å². The van der Waals surface area contributed by atoms with Gasteiger partial charge < -0.3 is 9.47 Å². The maximum Gasteiger partial charge on any atom is 0.153 e. The number of benzene rings is 1. The lowest BCUT2D eigenvalue weighted by atomic mass is 10.2. The average Bonchev–Trinajstić information content (AvgIpc) is 2.42. The molecule has 0 unspecified atom stereocenters. The van der Waals surface area contributed by atoms with Crippen LogP contribution in [0.4, 0.5) is 0 Å². The molecule has 0 saturated carbocycles. The third-order valence-corrected chi connectivity index (χ3v) is 2.18. The quantitative estimate of drug-likeness (QED) is 0.553. The Morgan fingerprint density at radius 3 is 2.50 bits per heavy atom. The van der Waals surface area contributed by atoms with Crippen LogP contribution >= 0.6 is 0 Å². The number of carbonyl (C=O) groups is 1. The summed E-state index contributed by atoms with van der Waals surface area (Å²) in [4.78, 5) is 10.9. The third kappa shape index (κ3) is 3.17. The Morgan fingerprint density at radius 1 is 1.06 bits per heavy atom. The topological polar surface area (TPSA) is 35.5 Å². The van der Waals surface area contributed by atoms with Crippen molar-refractivity contribution in [2.24, 2.45) is 0 Å². The van der Waals surface area contributed by atoms with E-state index >= 15 is 0 Å². The van der Waals surface area contributed by atoms with Crippen molar-refractivity contribution < 1.29 is 14.3 Å². The van der Waals surface area contributed by atoms with Gasteiger partial charge in [-0.15, -0.1) is 0 Å². The number of rotatable bonds is 1. The Bertz CT molecular complexity index is 592. The van der Waals surface area contributed by atoms with Gasteiger partial charge in [-0.25, -0.2) is 0 Å². The third-order valence-electron chi connectivity index (χ3n) is 2.18. The van der Waals surface area contributed by atoms with E-state index in [0.29, 0.717) is 17.1 Å². The lowest BCUT2D eigenvalue weighted by molar-refractivity contribution is 0.112. The second kappa shape index (κ2) is 6.18. The molecule has 0 saturated heterocycles. The standard InChI is InChI=1S/C15H10O3/c16-12-13-7-8-14-11-15(13)18-10-6-4-2-1-3-5-9-17-14/h1-2,7-8,11-12H,9-10H2/b2-1-. The second-order valence-electron chi connectivity index (χ2n) is 3.37. The molecular weight excluding hydrogens is 228 g/mol. The fraction of sp³-hybridized carbons (Fsp3) is 0.133. The number of hydrogen-bond donors (Lipinski definition) is 0. The number of hydrogen-bond acceptors (Lipinski definition) is 3. The molecule has 2 bridgehead atoms. The van der Waals surface area contributed by atoms with Crippen molar-refractivity contribution in [1.29, 1.82) is 0 Å². The summed E-state index contributed by atoms with van der Waals surface area (Å²) in [5.74, 6) is 12.3. The van der Waals surface area contributed by atoms with E-state index < -0.39 is 0 Å². The van der Waals surface area contributed by atoms with Crippen LogP contribution in [0.3, 0.4) is 0 Å². The molecule has 0 atom stereocenters. The van der Waals surface area contributed by atoms with Crippen LogP contribution in [0.2, 0.25) is 0 Å². The largest absolute Gasteiger partial charge is 0.481 e. The van der Waals surface area contributed by atoms with E-state index in [1.54, 1.807) is 30.4 Å². The number of ether oxygens (including phenoxy) is 2. The summed E-state index contributed by atoms with van der Waals surface area (Å²) in [6, 6.07) is 5.02. The van der Waals surface area contributed by atoms with Crippen molar-refractivity contribution in [3.63, 3.8) is 0 Å². The van der Waals surface area contributed by atoms with E-state index in [9.17, 15) is 4.79 Å². The molecule has 1 aromatic rings. The maximum absolute atomic E-state index is 10.9. The van der Waals surface area contributed by atoms with Gasteiger partial charge in [0.25, 0.3) is 0 Å². The fourth-order valence-corrected chi connectivity index (χ4v) is 1.34. The molecule has 0 radical (unpaired) electrons. The van der Waals surface area contributed by atoms with Crippen LogP contribution in [-0.2, 0) is 0 Å². The second-order valence-corrected chi connectivity index (χ2v) is 3.37. The first-order valence-corrected chi connectivity index (χ1v) is 5.37. The van der Waals surface area contributed by atoms with Crippen molar-refractivity contribution in [3.8, 4) is 35.2 Å².